The van der Waals surface area contributed by atoms with Crippen molar-refractivity contribution in [1.82, 2.24) is 5.32 Å². The number of thioether (sulfide) groups is 1. The lowest BCUT2D eigenvalue weighted by Crippen LogP contribution is -2.42. The number of carboxylic acid groups (broad SMARTS) is 1. The van der Waals surface area contributed by atoms with Crippen LogP contribution in [0.4, 0.5) is 0 Å². The number of aliphatic carboxylic acids is 1. The number of carboxylic acids is 1. The molecule has 0 aromatic rings. The first-order valence-electron chi connectivity index (χ1n) is 6.34. The molecule has 0 bridgehead atoms. The molecule has 0 aliphatic rings. The molecule has 1 atom stereocenters. The van der Waals surface area contributed by atoms with Gasteiger partial charge >= 0.3 is 11.9 Å². The molecule has 8 heteroatoms. The van der Waals surface area contributed by atoms with E-state index in [1.807, 2.05) is 6.07 Å². The number of nitriles is 1. The number of carbonyl (C=O) groups is 3. The van der Waals surface area contributed by atoms with Crippen LogP contribution in [0.3, 0.4) is 0 Å². The monoisotopic (exact) mass is 316 g/mol. The lowest BCUT2D eigenvalue weighted by Gasteiger charge is -2.20. The summed E-state index contributed by atoms with van der Waals surface area (Å²) in [5.41, 5.74) is -0.632. The second-order valence-electron chi connectivity index (χ2n) is 5.23. The SMILES string of the molecule is CC(C)(C)OC(=O)CC[C@@H](NC(=O)CSCC#N)C(=O)O. The molecular weight excluding hydrogens is 296 g/mol. The summed E-state index contributed by atoms with van der Waals surface area (Å²) in [5, 5.41) is 19.7. The third-order valence-electron chi connectivity index (χ3n) is 2.09. The minimum atomic E-state index is -1.21. The van der Waals surface area contributed by atoms with E-state index in [-0.39, 0.29) is 24.3 Å². The van der Waals surface area contributed by atoms with Crippen LogP contribution in [0.25, 0.3) is 0 Å². The molecule has 1 amide bonds. The zero-order valence-corrected chi connectivity index (χ0v) is 13.2. The maximum atomic E-state index is 11.5. The molecule has 0 fully saturated rings. The van der Waals surface area contributed by atoms with E-state index in [9.17, 15) is 14.4 Å². The number of hydrogen-bond donors (Lipinski definition) is 2. The smallest absolute Gasteiger partial charge is 0.326 e. The number of esters is 1. The van der Waals surface area contributed by atoms with Crippen LogP contribution in [0, 0.1) is 11.3 Å². The predicted octanol–water partition coefficient (Wildman–Crippen LogP) is 0.934. The Labute approximate surface area is 128 Å². The van der Waals surface area contributed by atoms with Crippen LogP contribution in [-0.2, 0) is 19.1 Å². The second-order valence-corrected chi connectivity index (χ2v) is 6.22. The zero-order valence-electron chi connectivity index (χ0n) is 12.3. The normalized spacial score (nSPS) is 12.1. The first kappa shape index (κ1) is 19.2. The predicted molar refractivity (Wildman–Crippen MR) is 77.6 cm³/mol. The second kappa shape index (κ2) is 9.23. The van der Waals surface area contributed by atoms with Crippen molar-refractivity contribution in [3.05, 3.63) is 0 Å². The van der Waals surface area contributed by atoms with Crippen molar-refractivity contribution in [3.63, 3.8) is 0 Å². The van der Waals surface area contributed by atoms with Gasteiger partial charge in [0.2, 0.25) is 5.91 Å². The number of hydrogen-bond acceptors (Lipinski definition) is 6. The Bertz CT molecular complexity index is 425. The summed E-state index contributed by atoms with van der Waals surface area (Å²) in [6, 6.07) is 0.721. The van der Waals surface area contributed by atoms with E-state index in [4.69, 9.17) is 15.1 Å². The standard InChI is InChI=1S/C13H20N2O5S/c1-13(2,3)20-11(17)5-4-9(12(18)19)15-10(16)8-21-7-6-14/h9H,4-5,7-8H2,1-3H3,(H,15,16)(H,18,19)/t9-/m1/s1. The number of carbonyl (C=O) groups excluding carboxylic acids is 2. The molecule has 7 nitrogen and oxygen atoms in total. The quantitative estimate of drug-likeness (QED) is 0.505. The van der Waals surface area contributed by atoms with Gasteiger partial charge in [-0.15, -0.1) is 11.8 Å². The number of ether oxygens (including phenoxy) is 1. The van der Waals surface area contributed by atoms with Crippen molar-refractivity contribution < 1.29 is 24.2 Å². The average molecular weight is 316 g/mol. The Morgan fingerprint density at radius 3 is 2.48 bits per heavy atom. The first-order chi connectivity index (χ1) is 9.65. The molecule has 0 aliphatic carbocycles. The fraction of sp³-hybridized carbons (Fsp3) is 0.692. The highest BCUT2D eigenvalue weighted by Crippen LogP contribution is 2.10. The topological polar surface area (TPSA) is 116 Å². The molecule has 0 aromatic heterocycles. The van der Waals surface area contributed by atoms with Crippen LogP contribution in [-0.4, -0.2) is 46.1 Å². The summed E-state index contributed by atoms with van der Waals surface area (Å²) in [7, 11) is 0. The van der Waals surface area contributed by atoms with E-state index in [0.717, 1.165) is 11.8 Å². The molecule has 0 spiro atoms. The Balaban J connectivity index is 4.26. The molecule has 0 saturated carbocycles. The van der Waals surface area contributed by atoms with Crippen LogP contribution < -0.4 is 5.32 Å². The lowest BCUT2D eigenvalue weighted by atomic mass is 10.1. The number of nitrogens with one attached hydrogen (secondary N) is 1. The van der Waals surface area contributed by atoms with Gasteiger partial charge in [0.05, 0.1) is 17.6 Å². The third kappa shape index (κ3) is 10.7. The third-order valence-corrected chi connectivity index (χ3v) is 2.89. The number of amides is 1. The Kier molecular flexibility index (Phi) is 8.47. The van der Waals surface area contributed by atoms with Gasteiger partial charge in [0.25, 0.3) is 0 Å². The molecule has 118 valence electrons. The van der Waals surface area contributed by atoms with Crippen molar-refractivity contribution >= 4 is 29.6 Å². The summed E-state index contributed by atoms with van der Waals surface area (Å²) >= 11 is 1.09. The largest absolute Gasteiger partial charge is 0.480 e. The van der Waals surface area contributed by atoms with E-state index in [2.05, 4.69) is 5.32 Å². The van der Waals surface area contributed by atoms with E-state index in [1.54, 1.807) is 20.8 Å². The van der Waals surface area contributed by atoms with Gasteiger partial charge < -0.3 is 15.2 Å². The lowest BCUT2D eigenvalue weighted by molar-refractivity contribution is -0.155. The van der Waals surface area contributed by atoms with Gasteiger partial charge in [-0.3, -0.25) is 9.59 Å². The van der Waals surface area contributed by atoms with Gasteiger partial charge in [0.15, 0.2) is 0 Å². The van der Waals surface area contributed by atoms with E-state index in [1.165, 1.54) is 0 Å². The highest BCUT2D eigenvalue weighted by Gasteiger charge is 2.23. The Morgan fingerprint density at radius 2 is 2.00 bits per heavy atom. The van der Waals surface area contributed by atoms with Crippen molar-refractivity contribution in [1.29, 1.82) is 5.26 Å². The summed E-state index contributed by atoms with van der Waals surface area (Å²) in [4.78, 5) is 34.0. The van der Waals surface area contributed by atoms with Crippen molar-refractivity contribution in [2.24, 2.45) is 0 Å². The highest BCUT2D eigenvalue weighted by molar-refractivity contribution is 8.00. The molecule has 0 saturated heterocycles. The number of rotatable bonds is 8. The van der Waals surface area contributed by atoms with E-state index < -0.39 is 29.5 Å². The summed E-state index contributed by atoms with van der Waals surface area (Å²) in [6.07, 6.45) is -0.140. The molecular formula is C13H20N2O5S. The maximum Gasteiger partial charge on any atom is 0.326 e. The first-order valence-corrected chi connectivity index (χ1v) is 7.50. The van der Waals surface area contributed by atoms with Gasteiger partial charge in [-0.1, -0.05) is 0 Å². The van der Waals surface area contributed by atoms with Crippen LogP contribution in [0.5, 0.6) is 0 Å². The molecule has 0 aliphatic heterocycles. The van der Waals surface area contributed by atoms with Crippen molar-refractivity contribution in [3.8, 4) is 6.07 Å². The summed E-state index contributed by atoms with van der Waals surface area (Å²) < 4.78 is 5.07. The van der Waals surface area contributed by atoms with Crippen molar-refractivity contribution in [2.75, 3.05) is 11.5 Å². The number of nitrogens with zero attached hydrogens (tertiary/aromatic N) is 1. The minimum absolute atomic E-state index is 0.00375. The van der Waals surface area contributed by atoms with Crippen LogP contribution in [0.15, 0.2) is 0 Å². The molecule has 0 heterocycles. The van der Waals surface area contributed by atoms with Crippen LogP contribution in [0.2, 0.25) is 0 Å². The average Bonchev–Trinajstić information content (AvgIpc) is 2.32. The van der Waals surface area contributed by atoms with Gasteiger partial charge in [-0.05, 0) is 27.2 Å². The fourth-order valence-corrected chi connectivity index (χ4v) is 1.80. The van der Waals surface area contributed by atoms with Gasteiger partial charge in [0, 0.05) is 6.42 Å². The Hall–Kier alpha value is -1.75. The van der Waals surface area contributed by atoms with Gasteiger partial charge in [-0.25, -0.2) is 4.79 Å². The minimum Gasteiger partial charge on any atom is -0.480 e. The molecule has 0 radical (unpaired) electrons. The van der Waals surface area contributed by atoms with Crippen LogP contribution in [0.1, 0.15) is 33.6 Å². The van der Waals surface area contributed by atoms with Gasteiger partial charge in [-0.2, -0.15) is 5.26 Å². The van der Waals surface area contributed by atoms with Crippen molar-refractivity contribution in [2.45, 2.75) is 45.3 Å². The van der Waals surface area contributed by atoms with Gasteiger partial charge in [0.1, 0.15) is 11.6 Å². The molecule has 2 N–H and O–H groups in total. The van der Waals surface area contributed by atoms with Crippen LogP contribution >= 0.6 is 11.8 Å². The molecule has 0 aromatic carbocycles. The highest BCUT2D eigenvalue weighted by atomic mass is 32.2. The zero-order chi connectivity index (χ0) is 16.5. The van der Waals surface area contributed by atoms with E-state index in [0.29, 0.717) is 0 Å². The Morgan fingerprint density at radius 1 is 1.38 bits per heavy atom. The summed E-state index contributed by atoms with van der Waals surface area (Å²) in [6.45, 7) is 5.15. The molecule has 0 rings (SSSR count). The maximum absolute atomic E-state index is 11.5. The van der Waals surface area contributed by atoms with E-state index >= 15 is 0 Å². The fourth-order valence-electron chi connectivity index (χ4n) is 1.34. The summed E-state index contributed by atoms with van der Waals surface area (Å²) in [5.74, 6) is -2.04. The molecule has 0 unspecified atom stereocenters. The molecule has 21 heavy (non-hydrogen) atoms.